The molecule has 3 aromatic rings. The topological polar surface area (TPSA) is 121 Å². The van der Waals surface area contributed by atoms with Crippen LogP contribution < -0.4 is 10.6 Å². The largest absolute Gasteiger partial charge is 0.391 e. The van der Waals surface area contributed by atoms with Crippen molar-refractivity contribution in [3.63, 3.8) is 0 Å². The van der Waals surface area contributed by atoms with Crippen molar-refractivity contribution < 1.29 is 19.2 Å². The molecule has 0 bridgehead atoms. The SMILES string of the molecule is CNc1cc(-c2scnc2C)ccc1CNC(=O)[C@H]1C[C@H](O)CN1C(=O)[C@H](c1cc(C)no1)C(C)C. The number of thiazole rings is 1. The number of aromatic nitrogens is 2. The van der Waals surface area contributed by atoms with E-state index in [4.69, 9.17) is 4.52 Å². The van der Waals surface area contributed by atoms with Crippen molar-refractivity contribution in [2.24, 2.45) is 5.92 Å². The first-order valence-electron chi connectivity index (χ1n) is 12.1. The number of hydrogen-bond acceptors (Lipinski definition) is 8. The number of aryl methyl sites for hydroxylation is 2. The molecule has 0 unspecified atom stereocenters. The summed E-state index contributed by atoms with van der Waals surface area (Å²) >= 11 is 1.59. The monoisotopic (exact) mass is 511 g/mol. The molecule has 36 heavy (non-hydrogen) atoms. The smallest absolute Gasteiger partial charge is 0.243 e. The van der Waals surface area contributed by atoms with Crippen molar-refractivity contribution in [1.29, 1.82) is 0 Å². The molecule has 3 N–H and O–H groups in total. The van der Waals surface area contributed by atoms with Crippen molar-refractivity contribution in [2.75, 3.05) is 18.9 Å². The van der Waals surface area contributed by atoms with Crippen LogP contribution in [0.2, 0.25) is 0 Å². The number of benzene rings is 1. The van der Waals surface area contributed by atoms with Crippen LogP contribution in [0.1, 0.15) is 48.9 Å². The molecule has 1 saturated heterocycles. The van der Waals surface area contributed by atoms with Crippen LogP contribution in [0.15, 0.2) is 34.3 Å². The van der Waals surface area contributed by atoms with Crippen molar-refractivity contribution in [3.8, 4) is 10.4 Å². The van der Waals surface area contributed by atoms with Crippen LogP contribution in [0.5, 0.6) is 0 Å². The molecule has 1 aromatic carbocycles. The molecule has 192 valence electrons. The van der Waals surface area contributed by atoms with E-state index in [2.05, 4.69) is 20.8 Å². The summed E-state index contributed by atoms with van der Waals surface area (Å²) in [6.07, 6.45) is -0.566. The lowest BCUT2D eigenvalue weighted by atomic mass is 9.91. The second kappa shape index (κ2) is 10.8. The van der Waals surface area contributed by atoms with Gasteiger partial charge in [0, 0.05) is 38.3 Å². The number of likely N-dealkylation sites (tertiary alicyclic amines) is 1. The maximum atomic E-state index is 13.5. The molecule has 1 aliphatic heterocycles. The minimum atomic E-state index is -0.760. The molecule has 9 nitrogen and oxygen atoms in total. The number of carbonyl (C=O) groups excluding carboxylic acids is 2. The normalized spacial score (nSPS) is 18.5. The van der Waals surface area contributed by atoms with Gasteiger partial charge >= 0.3 is 0 Å². The number of anilines is 1. The van der Waals surface area contributed by atoms with E-state index >= 15 is 0 Å². The third-order valence-corrected chi connectivity index (χ3v) is 7.57. The highest BCUT2D eigenvalue weighted by molar-refractivity contribution is 7.13. The third-order valence-electron chi connectivity index (χ3n) is 6.59. The summed E-state index contributed by atoms with van der Waals surface area (Å²) in [5, 5.41) is 20.4. The van der Waals surface area contributed by atoms with Gasteiger partial charge in [-0.25, -0.2) is 4.98 Å². The highest BCUT2D eigenvalue weighted by Gasteiger charge is 2.43. The lowest BCUT2D eigenvalue weighted by Crippen LogP contribution is -2.48. The Morgan fingerprint density at radius 3 is 2.67 bits per heavy atom. The van der Waals surface area contributed by atoms with Gasteiger partial charge in [0.25, 0.3) is 0 Å². The molecule has 1 fully saturated rings. The van der Waals surface area contributed by atoms with E-state index in [1.807, 2.05) is 51.5 Å². The second-order valence-corrected chi connectivity index (χ2v) is 10.4. The van der Waals surface area contributed by atoms with Crippen LogP contribution in [-0.4, -0.2) is 57.7 Å². The zero-order valence-electron chi connectivity index (χ0n) is 21.2. The minimum absolute atomic E-state index is 0.0646. The molecule has 0 spiro atoms. The van der Waals surface area contributed by atoms with E-state index in [1.165, 1.54) is 4.90 Å². The first-order chi connectivity index (χ1) is 17.2. The molecule has 0 saturated carbocycles. The Balaban J connectivity index is 1.48. The Bertz CT molecular complexity index is 1240. The van der Waals surface area contributed by atoms with Crippen LogP contribution in [0.4, 0.5) is 5.69 Å². The summed E-state index contributed by atoms with van der Waals surface area (Å²) in [5.74, 6) is -0.697. The number of amides is 2. The van der Waals surface area contributed by atoms with E-state index in [1.54, 1.807) is 24.3 Å². The molecule has 2 aromatic heterocycles. The average molecular weight is 512 g/mol. The summed E-state index contributed by atoms with van der Waals surface area (Å²) in [6.45, 7) is 8.04. The zero-order valence-corrected chi connectivity index (χ0v) is 22.1. The van der Waals surface area contributed by atoms with E-state index in [9.17, 15) is 14.7 Å². The van der Waals surface area contributed by atoms with E-state index in [0.717, 1.165) is 27.4 Å². The summed E-state index contributed by atoms with van der Waals surface area (Å²) in [5.41, 5.74) is 6.39. The molecule has 10 heteroatoms. The number of rotatable bonds is 8. The summed E-state index contributed by atoms with van der Waals surface area (Å²) in [4.78, 5) is 33.7. The lowest BCUT2D eigenvalue weighted by Gasteiger charge is -2.28. The molecular formula is C26H33N5O4S. The lowest BCUT2D eigenvalue weighted by molar-refractivity contribution is -0.141. The predicted octanol–water partition coefficient (Wildman–Crippen LogP) is 3.47. The van der Waals surface area contributed by atoms with Gasteiger partial charge in [-0.3, -0.25) is 9.59 Å². The fourth-order valence-electron chi connectivity index (χ4n) is 4.73. The maximum absolute atomic E-state index is 13.5. The first kappa shape index (κ1) is 25.8. The standard InChI is InChI=1S/C26H33N5O4S/c1-14(2)23(22-8-15(3)30-35-22)26(34)31-12-19(32)10-21(31)25(33)28-11-18-7-6-17(9-20(18)27-5)24-16(4)29-13-36-24/h6-9,13-14,19,21,23,27,32H,10-12H2,1-5H3,(H,28,33)/t19-,21+,23-/m0/s1. The van der Waals surface area contributed by atoms with Crippen LogP contribution >= 0.6 is 11.3 Å². The Kier molecular flexibility index (Phi) is 7.75. The molecule has 3 heterocycles. The van der Waals surface area contributed by atoms with Crippen molar-refractivity contribution >= 4 is 28.8 Å². The number of nitrogens with zero attached hydrogens (tertiary/aromatic N) is 3. The first-order valence-corrected chi connectivity index (χ1v) is 13.0. The van der Waals surface area contributed by atoms with Gasteiger partial charge in [-0.05, 0) is 37.0 Å². The quantitative estimate of drug-likeness (QED) is 0.423. The molecule has 3 atom stereocenters. The molecule has 2 amide bonds. The zero-order chi connectivity index (χ0) is 26.0. The summed E-state index contributed by atoms with van der Waals surface area (Å²) < 4.78 is 5.39. The number of nitrogens with one attached hydrogen (secondary N) is 2. The molecule has 1 aliphatic rings. The number of β-amino-alcohol motifs (C(OH)–C–C–N with tert-alkyl or cyclic N) is 1. The minimum Gasteiger partial charge on any atom is -0.391 e. The van der Waals surface area contributed by atoms with Gasteiger partial charge in [-0.2, -0.15) is 0 Å². The fraction of sp³-hybridized carbons (Fsp3) is 0.462. The molecule has 0 aliphatic carbocycles. The predicted molar refractivity (Wildman–Crippen MR) is 139 cm³/mol. The van der Waals surface area contributed by atoms with Gasteiger partial charge in [0.15, 0.2) is 0 Å². The highest BCUT2D eigenvalue weighted by Crippen LogP contribution is 2.32. The van der Waals surface area contributed by atoms with E-state index in [-0.39, 0.29) is 30.7 Å². The van der Waals surface area contributed by atoms with Crippen LogP contribution in [0.25, 0.3) is 10.4 Å². The van der Waals surface area contributed by atoms with E-state index < -0.39 is 18.1 Å². The number of carbonyl (C=O) groups is 2. The maximum Gasteiger partial charge on any atom is 0.243 e. The Morgan fingerprint density at radius 2 is 2.06 bits per heavy atom. The van der Waals surface area contributed by atoms with Gasteiger partial charge in [0.1, 0.15) is 17.7 Å². The number of aliphatic hydroxyl groups excluding tert-OH is 1. The van der Waals surface area contributed by atoms with Crippen LogP contribution in [0.3, 0.4) is 0 Å². The van der Waals surface area contributed by atoms with Gasteiger partial charge in [-0.1, -0.05) is 31.1 Å². The highest BCUT2D eigenvalue weighted by atomic mass is 32.1. The summed E-state index contributed by atoms with van der Waals surface area (Å²) in [6, 6.07) is 7.04. The van der Waals surface area contributed by atoms with Gasteiger partial charge in [0.05, 0.1) is 27.9 Å². The number of hydrogen-bond donors (Lipinski definition) is 3. The van der Waals surface area contributed by atoms with Gasteiger partial charge in [-0.15, -0.1) is 11.3 Å². The molecular weight excluding hydrogens is 478 g/mol. The fourth-order valence-corrected chi connectivity index (χ4v) is 5.54. The van der Waals surface area contributed by atoms with Crippen molar-refractivity contribution in [2.45, 2.75) is 58.7 Å². The van der Waals surface area contributed by atoms with Gasteiger partial charge in [0.2, 0.25) is 11.8 Å². The summed E-state index contributed by atoms with van der Waals surface area (Å²) in [7, 11) is 1.84. The Labute approximate surface area is 214 Å². The number of aliphatic hydroxyl groups is 1. The van der Waals surface area contributed by atoms with Crippen LogP contribution in [-0.2, 0) is 16.1 Å². The third kappa shape index (κ3) is 5.29. The van der Waals surface area contributed by atoms with Crippen LogP contribution in [0, 0.1) is 19.8 Å². The van der Waals surface area contributed by atoms with Gasteiger partial charge < -0.3 is 25.2 Å². The van der Waals surface area contributed by atoms with E-state index in [0.29, 0.717) is 18.0 Å². The van der Waals surface area contributed by atoms with Crippen molar-refractivity contribution in [1.82, 2.24) is 20.4 Å². The molecule has 4 rings (SSSR count). The second-order valence-electron chi connectivity index (χ2n) is 9.59. The Morgan fingerprint density at radius 1 is 1.28 bits per heavy atom. The van der Waals surface area contributed by atoms with Crippen molar-refractivity contribution in [3.05, 3.63) is 52.5 Å². The average Bonchev–Trinajstić information content (AvgIpc) is 3.57. The Hall–Kier alpha value is -3.24. The molecule has 0 radical (unpaired) electrons.